The maximum absolute atomic E-state index is 12.5. The highest BCUT2D eigenvalue weighted by atomic mass is 19.4. The first-order valence-corrected chi connectivity index (χ1v) is 6.28. The summed E-state index contributed by atoms with van der Waals surface area (Å²) >= 11 is 0. The van der Waals surface area contributed by atoms with Gasteiger partial charge in [0.15, 0.2) is 0 Å². The Balaban J connectivity index is 2.82. The van der Waals surface area contributed by atoms with Crippen molar-refractivity contribution in [2.45, 2.75) is 44.4 Å². The molecule has 1 fully saturated rings. The van der Waals surface area contributed by atoms with Crippen molar-refractivity contribution in [1.29, 1.82) is 0 Å². The van der Waals surface area contributed by atoms with Crippen molar-refractivity contribution >= 4 is 5.97 Å². The second-order valence-corrected chi connectivity index (χ2v) is 5.42. The summed E-state index contributed by atoms with van der Waals surface area (Å²) in [4.78, 5) is 13.0. The minimum Gasteiger partial charge on any atom is -0.468 e. The van der Waals surface area contributed by atoms with E-state index >= 15 is 0 Å². The summed E-state index contributed by atoms with van der Waals surface area (Å²) < 4.78 is 42.3. The van der Waals surface area contributed by atoms with Gasteiger partial charge in [-0.3, -0.25) is 9.69 Å². The van der Waals surface area contributed by atoms with Crippen molar-refractivity contribution in [1.82, 2.24) is 4.90 Å². The molecular weight excluding hydrogens is 261 g/mol. The van der Waals surface area contributed by atoms with Crippen LogP contribution in [0.5, 0.6) is 0 Å². The van der Waals surface area contributed by atoms with Crippen molar-refractivity contribution < 1.29 is 22.7 Å². The molecular formula is C12H21F3N2O2. The predicted molar refractivity (Wildman–Crippen MR) is 64.4 cm³/mol. The number of nitrogens with two attached hydrogens (primary N) is 1. The summed E-state index contributed by atoms with van der Waals surface area (Å²) in [6, 6.07) is -0.354. The Bertz CT molecular complexity index is 329. The van der Waals surface area contributed by atoms with E-state index in [1.54, 1.807) is 13.8 Å². The largest absolute Gasteiger partial charge is 0.468 e. The Labute approximate surface area is 111 Å². The number of hydrogen-bond donors (Lipinski definition) is 1. The number of alkyl halides is 3. The first-order valence-electron chi connectivity index (χ1n) is 6.28. The van der Waals surface area contributed by atoms with Gasteiger partial charge in [0.05, 0.1) is 13.7 Å². The lowest BCUT2D eigenvalue weighted by molar-refractivity contribution is -0.160. The lowest BCUT2D eigenvalue weighted by Gasteiger charge is -2.36. The molecule has 0 spiro atoms. The fourth-order valence-corrected chi connectivity index (χ4v) is 2.14. The van der Waals surface area contributed by atoms with Crippen LogP contribution in [-0.4, -0.2) is 48.8 Å². The molecule has 0 amide bonds. The normalized spacial score (nSPS) is 19.6. The maximum atomic E-state index is 12.5. The molecule has 1 saturated carbocycles. The quantitative estimate of drug-likeness (QED) is 0.751. The van der Waals surface area contributed by atoms with E-state index in [4.69, 9.17) is 5.73 Å². The van der Waals surface area contributed by atoms with E-state index in [9.17, 15) is 18.0 Å². The average Bonchev–Trinajstić information content (AvgIpc) is 3.08. The van der Waals surface area contributed by atoms with E-state index < -0.39 is 24.2 Å². The zero-order valence-electron chi connectivity index (χ0n) is 11.5. The first-order chi connectivity index (χ1) is 8.60. The van der Waals surface area contributed by atoms with Crippen LogP contribution in [0.15, 0.2) is 0 Å². The van der Waals surface area contributed by atoms with Crippen molar-refractivity contribution in [3.8, 4) is 0 Å². The van der Waals surface area contributed by atoms with Crippen LogP contribution >= 0.6 is 0 Å². The predicted octanol–water partition coefficient (Wildman–Crippen LogP) is 1.54. The van der Waals surface area contributed by atoms with Gasteiger partial charge in [0.2, 0.25) is 0 Å². The Morgan fingerprint density at radius 3 is 2.21 bits per heavy atom. The van der Waals surface area contributed by atoms with E-state index in [2.05, 4.69) is 4.74 Å². The highest BCUT2D eigenvalue weighted by molar-refractivity contribution is 5.81. The van der Waals surface area contributed by atoms with Gasteiger partial charge in [-0.15, -0.1) is 0 Å². The Hall–Kier alpha value is -0.820. The molecule has 0 heterocycles. The molecule has 2 N–H and O–H groups in total. The van der Waals surface area contributed by atoms with Crippen LogP contribution in [-0.2, 0) is 9.53 Å². The number of esters is 1. The zero-order valence-corrected chi connectivity index (χ0v) is 11.5. The molecule has 19 heavy (non-hydrogen) atoms. The van der Waals surface area contributed by atoms with Gasteiger partial charge in [-0.25, -0.2) is 0 Å². The van der Waals surface area contributed by atoms with Gasteiger partial charge in [0.25, 0.3) is 0 Å². The number of nitrogens with zero attached hydrogens (tertiary/aromatic N) is 1. The standard InChI is InChI=1S/C12H21F3N2O2/c1-8(2)17(7-12(13,14)15)6-11(16,9-4-5-9)10(18)19-3/h8-9H,4-7,16H2,1-3H3. The fourth-order valence-electron chi connectivity index (χ4n) is 2.14. The minimum atomic E-state index is -4.31. The zero-order chi connectivity index (χ0) is 14.8. The summed E-state index contributed by atoms with van der Waals surface area (Å²) in [5.41, 5.74) is 4.69. The minimum absolute atomic E-state index is 0.0885. The second-order valence-electron chi connectivity index (χ2n) is 5.42. The lowest BCUT2D eigenvalue weighted by Crippen LogP contribution is -2.60. The molecule has 7 heteroatoms. The third-order valence-electron chi connectivity index (χ3n) is 3.45. The molecule has 1 rings (SSSR count). The number of halogens is 3. The number of rotatable bonds is 6. The summed E-state index contributed by atoms with van der Waals surface area (Å²) in [5.74, 6) is -0.725. The molecule has 0 radical (unpaired) electrons. The summed E-state index contributed by atoms with van der Waals surface area (Å²) in [6.45, 7) is 2.08. The molecule has 1 atom stereocenters. The van der Waals surface area contributed by atoms with Crippen molar-refractivity contribution in [2.75, 3.05) is 20.2 Å². The van der Waals surface area contributed by atoms with Gasteiger partial charge in [-0.1, -0.05) is 0 Å². The van der Waals surface area contributed by atoms with Gasteiger partial charge < -0.3 is 10.5 Å². The van der Waals surface area contributed by atoms with Crippen LogP contribution in [0.1, 0.15) is 26.7 Å². The van der Waals surface area contributed by atoms with Crippen molar-refractivity contribution in [2.24, 2.45) is 11.7 Å². The van der Waals surface area contributed by atoms with Crippen LogP contribution in [0.25, 0.3) is 0 Å². The molecule has 0 saturated heterocycles. The molecule has 112 valence electrons. The molecule has 0 aromatic rings. The van der Waals surface area contributed by atoms with E-state index in [1.165, 1.54) is 12.0 Å². The highest BCUT2D eigenvalue weighted by Gasteiger charge is 2.51. The molecule has 4 nitrogen and oxygen atoms in total. The van der Waals surface area contributed by atoms with Gasteiger partial charge >= 0.3 is 12.1 Å². The van der Waals surface area contributed by atoms with Crippen LogP contribution in [0.2, 0.25) is 0 Å². The molecule has 1 aliphatic carbocycles. The van der Waals surface area contributed by atoms with E-state index in [-0.39, 0.29) is 18.5 Å². The number of hydrogen-bond acceptors (Lipinski definition) is 4. The van der Waals surface area contributed by atoms with Crippen LogP contribution in [0, 0.1) is 5.92 Å². The summed E-state index contributed by atoms with van der Waals surface area (Å²) in [7, 11) is 1.20. The van der Waals surface area contributed by atoms with Crippen LogP contribution < -0.4 is 5.73 Å². The highest BCUT2D eigenvalue weighted by Crippen LogP contribution is 2.40. The maximum Gasteiger partial charge on any atom is 0.401 e. The van der Waals surface area contributed by atoms with Gasteiger partial charge in [0, 0.05) is 12.6 Å². The Kier molecular flexibility index (Phi) is 4.84. The van der Waals surface area contributed by atoms with Crippen molar-refractivity contribution in [3.05, 3.63) is 0 Å². The molecule has 1 unspecified atom stereocenters. The molecule has 0 bridgehead atoms. The van der Waals surface area contributed by atoms with Gasteiger partial charge in [-0.2, -0.15) is 13.2 Å². The number of carbonyl (C=O) groups excluding carboxylic acids is 1. The SMILES string of the molecule is COC(=O)C(N)(CN(CC(F)(F)F)C(C)C)C1CC1. The van der Waals surface area contributed by atoms with Gasteiger partial charge in [-0.05, 0) is 32.6 Å². The van der Waals surface area contributed by atoms with Crippen LogP contribution in [0.3, 0.4) is 0 Å². The third-order valence-corrected chi connectivity index (χ3v) is 3.45. The molecule has 1 aliphatic rings. The monoisotopic (exact) mass is 282 g/mol. The number of methoxy groups -OCH3 is 1. The summed E-state index contributed by atoms with van der Waals surface area (Å²) in [6.07, 6.45) is -2.81. The summed E-state index contributed by atoms with van der Waals surface area (Å²) in [5, 5.41) is 0. The topological polar surface area (TPSA) is 55.6 Å². The first kappa shape index (κ1) is 16.2. The van der Waals surface area contributed by atoms with Gasteiger partial charge in [0.1, 0.15) is 5.54 Å². The van der Waals surface area contributed by atoms with E-state index in [0.717, 1.165) is 12.8 Å². The van der Waals surface area contributed by atoms with E-state index in [1.807, 2.05) is 0 Å². The van der Waals surface area contributed by atoms with Crippen molar-refractivity contribution in [3.63, 3.8) is 0 Å². The lowest BCUT2D eigenvalue weighted by atomic mass is 9.93. The van der Waals surface area contributed by atoms with Crippen LogP contribution in [0.4, 0.5) is 13.2 Å². The molecule has 0 aromatic heterocycles. The Morgan fingerprint density at radius 1 is 1.37 bits per heavy atom. The number of ether oxygens (including phenoxy) is 1. The fraction of sp³-hybridized carbons (Fsp3) is 0.917. The molecule has 0 aromatic carbocycles. The smallest absolute Gasteiger partial charge is 0.401 e. The number of carbonyl (C=O) groups is 1. The second kappa shape index (κ2) is 5.66. The average molecular weight is 282 g/mol. The van der Waals surface area contributed by atoms with E-state index in [0.29, 0.717) is 0 Å². The molecule has 0 aliphatic heterocycles. The Morgan fingerprint density at radius 2 is 1.89 bits per heavy atom. The third kappa shape index (κ3) is 4.35.